The molecule has 0 saturated heterocycles. The molecule has 4 aromatic rings. The Balaban J connectivity index is 1.72. The molecule has 2 heterocycles. The number of hydrogen-bond donors (Lipinski definition) is 1. The molecular formula is C19H15ClN4OS2. The molecule has 1 amide bonds. The van der Waals surface area contributed by atoms with Crippen molar-refractivity contribution in [2.24, 2.45) is 0 Å². The summed E-state index contributed by atoms with van der Waals surface area (Å²) >= 11 is 9.25. The second-order valence-electron chi connectivity index (χ2n) is 5.82. The maximum absolute atomic E-state index is 12.8. The SMILES string of the molecule is CSc1ccccc1C(=O)Nc1cc(C)nn1-c1nc2c(Cl)cccc2s1. The zero-order valence-electron chi connectivity index (χ0n) is 14.6. The van der Waals surface area contributed by atoms with Crippen LogP contribution in [0.5, 0.6) is 0 Å². The Labute approximate surface area is 169 Å². The van der Waals surface area contributed by atoms with Crippen LogP contribution in [0.1, 0.15) is 16.1 Å². The average Bonchev–Trinajstić information content (AvgIpc) is 3.25. The van der Waals surface area contributed by atoms with Crippen molar-refractivity contribution in [3.05, 3.63) is 64.8 Å². The molecule has 0 aliphatic heterocycles. The predicted octanol–water partition coefficient (Wildman–Crippen LogP) is 5.42. The summed E-state index contributed by atoms with van der Waals surface area (Å²) in [6.07, 6.45) is 1.95. The zero-order chi connectivity index (χ0) is 19.0. The van der Waals surface area contributed by atoms with E-state index >= 15 is 0 Å². The number of benzene rings is 2. The maximum Gasteiger partial charge on any atom is 0.257 e. The van der Waals surface area contributed by atoms with E-state index in [1.165, 1.54) is 23.1 Å². The maximum atomic E-state index is 12.8. The number of anilines is 1. The highest BCUT2D eigenvalue weighted by Crippen LogP contribution is 2.31. The first-order chi connectivity index (χ1) is 13.1. The summed E-state index contributed by atoms with van der Waals surface area (Å²) in [6, 6.07) is 15.0. The topological polar surface area (TPSA) is 59.8 Å². The Kier molecular flexibility index (Phi) is 4.90. The number of hydrogen-bond acceptors (Lipinski definition) is 5. The van der Waals surface area contributed by atoms with E-state index in [4.69, 9.17) is 11.6 Å². The number of nitrogens with zero attached hydrogens (tertiary/aromatic N) is 3. The fraction of sp³-hybridized carbons (Fsp3) is 0.105. The van der Waals surface area contributed by atoms with Gasteiger partial charge in [0.1, 0.15) is 11.3 Å². The van der Waals surface area contributed by atoms with Crippen LogP contribution in [0, 0.1) is 6.92 Å². The first-order valence-electron chi connectivity index (χ1n) is 8.13. The van der Waals surface area contributed by atoms with Gasteiger partial charge in [0.2, 0.25) is 5.13 Å². The number of nitrogens with one attached hydrogen (secondary N) is 1. The molecule has 0 aliphatic rings. The number of thioether (sulfide) groups is 1. The summed E-state index contributed by atoms with van der Waals surface area (Å²) in [5.41, 5.74) is 2.15. The van der Waals surface area contributed by atoms with E-state index in [1.807, 2.05) is 61.7 Å². The highest BCUT2D eigenvalue weighted by Gasteiger charge is 2.17. The van der Waals surface area contributed by atoms with Crippen molar-refractivity contribution in [3.8, 4) is 5.13 Å². The molecule has 4 rings (SSSR count). The minimum Gasteiger partial charge on any atom is -0.306 e. The van der Waals surface area contributed by atoms with Gasteiger partial charge in [-0.25, -0.2) is 4.98 Å². The molecule has 0 radical (unpaired) electrons. The summed E-state index contributed by atoms with van der Waals surface area (Å²) in [5.74, 6) is 0.392. The second kappa shape index (κ2) is 7.34. The van der Waals surface area contributed by atoms with Gasteiger partial charge >= 0.3 is 0 Å². The van der Waals surface area contributed by atoms with Crippen LogP contribution in [-0.4, -0.2) is 26.9 Å². The normalized spacial score (nSPS) is 11.1. The highest BCUT2D eigenvalue weighted by molar-refractivity contribution is 7.98. The molecule has 8 heteroatoms. The fourth-order valence-corrected chi connectivity index (χ4v) is 4.57. The minimum atomic E-state index is -0.180. The number of aryl methyl sites for hydroxylation is 1. The van der Waals surface area contributed by atoms with Gasteiger partial charge in [-0.05, 0) is 37.4 Å². The van der Waals surface area contributed by atoms with Crippen LogP contribution in [0.3, 0.4) is 0 Å². The van der Waals surface area contributed by atoms with Crippen LogP contribution in [0.2, 0.25) is 5.02 Å². The van der Waals surface area contributed by atoms with Crippen LogP contribution in [0.15, 0.2) is 53.4 Å². The minimum absolute atomic E-state index is 0.180. The summed E-state index contributed by atoms with van der Waals surface area (Å²) in [5, 5.41) is 8.71. The number of thiazole rings is 1. The Morgan fingerprint density at radius 1 is 1.22 bits per heavy atom. The van der Waals surface area contributed by atoms with Gasteiger partial charge in [0.15, 0.2) is 0 Å². The molecule has 5 nitrogen and oxygen atoms in total. The lowest BCUT2D eigenvalue weighted by molar-refractivity contribution is 0.102. The first kappa shape index (κ1) is 18.0. The smallest absolute Gasteiger partial charge is 0.257 e. The molecule has 27 heavy (non-hydrogen) atoms. The molecular weight excluding hydrogens is 400 g/mol. The second-order valence-corrected chi connectivity index (χ2v) is 8.08. The van der Waals surface area contributed by atoms with E-state index in [1.54, 1.807) is 4.68 Å². The molecule has 0 aliphatic carbocycles. The van der Waals surface area contributed by atoms with Crippen molar-refractivity contribution in [3.63, 3.8) is 0 Å². The molecule has 1 N–H and O–H groups in total. The van der Waals surface area contributed by atoms with Gasteiger partial charge in [0.25, 0.3) is 5.91 Å². The molecule has 0 unspecified atom stereocenters. The van der Waals surface area contributed by atoms with E-state index in [0.29, 0.717) is 21.5 Å². The molecule has 0 bridgehead atoms. The van der Waals surface area contributed by atoms with Crippen LogP contribution in [0.4, 0.5) is 5.82 Å². The number of fused-ring (bicyclic) bond motifs is 1. The lowest BCUT2D eigenvalue weighted by atomic mass is 10.2. The van der Waals surface area contributed by atoms with Gasteiger partial charge in [-0.2, -0.15) is 9.78 Å². The standard InChI is InChI=1S/C19H15ClN4OS2/c1-11-10-16(21-18(25)12-6-3-4-8-14(12)26-2)24(23-11)19-22-17-13(20)7-5-9-15(17)27-19/h3-10H,1-2H3,(H,21,25). The van der Waals surface area contributed by atoms with Crippen molar-refractivity contribution in [2.75, 3.05) is 11.6 Å². The number of para-hydroxylation sites is 1. The fourth-order valence-electron chi connectivity index (χ4n) is 2.74. The Bertz CT molecular complexity index is 1150. The van der Waals surface area contributed by atoms with Crippen molar-refractivity contribution in [1.29, 1.82) is 0 Å². The first-order valence-corrected chi connectivity index (χ1v) is 10.5. The largest absolute Gasteiger partial charge is 0.306 e. The molecule has 0 spiro atoms. The van der Waals surface area contributed by atoms with E-state index in [2.05, 4.69) is 15.4 Å². The van der Waals surface area contributed by atoms with Gasteiger partial charge < -0.3 is 5.32 Å². The van der Waals surface area contributed by atoms with Crippen molar-refractivity contribution in [1.82, 2.24) is 14.8 Å². The van der Waals surface area contributed by atoms with Crippen LogP contribution >= 0.6 is 34.7 Å². The molecule has 0 saturated carbocycles. The number of carbonyl (C=O) groups is 1. The third-order valence-electron chi connectivity index (χ3n) is 3.96. The van der Waals surface area contributed by atoms with E-state index in [9.17, 15) is 4.79 Å². The number of carbonyl (C=O) groups excluding carboxylic acids is 1. The number of halogens is 1. The van der Waals surface area contributed by atoms with Gasteiger partial charge in [-0.15, -0.1) is 11.8 Å². The van der Waals surface area contributed by atoms with Crippen LogP contribution in [-0.2, 0) is 0 Å². The monoisotopic (exact) mass is 414 g/mol. The van der Waals surface area contributed by atoms with E-state index in [-0.39, 0.29) is 5.91 Å². The number of rotatable bonds is 4. The van der Waals surface area contributed by atoms with Gasteiger partial charge in [-0.1, -0.05) is 41.1 Å². The van der Waals surface area contributed by atoms with Crippen molar-refractivity contribution < 1.29 is 4.79 Å². The van der Waals surface area contributed by atoms with Crippen molar-refractivity contribution in [2.45, 2.75) is 11.8 Å². The Hall–Kier alpha value is -2.35. The van der Waals surface area contributed by atoms with E-state index in [0.717, 1.165) is 20.8 Å². The summed E-state index contributed by atoms with van der Waals surface area (Å²) in [7, 11) is 0. The van der Waals surface area contributed by atoms with Crippen molar-refractivity contribution >= 4 is 56.6 Å². The Morgan fingerprint density at radius 3 is 2.81 bits per heavy atom. The number of amides is 1. The summed E-state index contributed by atoms with van der Waals surface area (Å²) in [6.45, 7) is 1.88. The molecule has 2 aromatic carbocycles. The summed E-state index contributed by atoms with van der Waals surface area (Å²) in [4.78, 5) is 18.3. The number of aromatic nitrogens is 3. The quantitative estimate of drug-likeness (QED) is 0.453. The summed E-state index contributed by atoms with van der Waals surface area (Å²) < 4.78 is 2.62. The van der Waals surface area contributed by atoms with Gasteiger partial charge in [0, 0.05) is 11.0 Å². The third-order valence-corrected chi connectivity index (χ3v) is 6.06. The Morgan fingerprint density at radius 2 is 2.04 bits per heavy atom. The van der Waals surface area contributed by atoms with Gasteiger partial charge in [-0.3, -0.25) is 4.79 Å². The highest BCUT2D eigenvalue weighted by atomic mass is 35.5. The van der Waals surface area contributed by atoms with Crippen LogP contribution < -0.4 is 5.32 Å². The predicted molar refractivity (Wildman–Crippen MR) is 113 cm³/mol. The molecule has 0 atom stereocenters. The van der Waals surface area contributed by atoms with Crippen LogP contribution in [0.25, 0.3) is 15.3 Å². The molecule has 136 valence electrons. The van der Waals surface area contributed by atoms with E-state index < -0.39 is 0 Å². The lowest BCUT2D eigenvalue weighted by Crippen LogP contribution is -2.15. The average molecular weight is 415 g/mol. The lowest BCUT2D eigenvalue weighted by Gasteiger charge is -2.09. The third kappa shape index (κ3) is 3.45. The molecule has 2 aromatic heterocycles. The molecule has 0 fully saturated rings. The van der Waals surface area contributed by atoms with Gasteiger partial charge in [0.05, 0.1) is 21.0 Å². The zero-order valence-corrected chi connectivity index (χ0v) is 17.0.